The Hall–Kier alpha value is -2.16. The number of benzene rings is 1. The molecule has 0 spiro atoms. The second-order valence-corrected chi connectivity index (χ2v) is 6.63. The molecule has 3 rings (SSSR count). The number of carbonyl (C=O) groups is 1. The summed E-state index contributed by atoms with van der Waals surface area (Å²) < 4.78 is 37.1. The predicted molar refractivity (Wildman–Crippen MR) is 83.0 cm³/mol. The van der Waals surface area contributed by atoms with E-state index in [9.17, 15) is 13.2 Å². The smallest absolute Gasteiger partial charge is 0.379 e. The lowest BCUT2D eigenvalue weighted by Gasteiger charge is -2.01. The summed E-state index contributed by atoms with van der Waals surface area (Å²) in [6.45, 7) is 0. The van der Waals surface area contributed by atoms with Crippen LogP contribution in [0.15, 0.2) is 52.5 Å². The van der Waals surface area contributed by atoms with Crippen LogP contribution in [0.1, 0.15) is 10.6 Å². The molecule has 0 fully saturated rings. The van der Waals surface area contributed by atoms with Crippen LogP contribution in [-0.2, 0) is 10.1 Å². The Morgan fingerprint density at radius 1 is 1.27 bits per heavy atom. The lowest BCUT2D eigenvalue weighted by atomic mass is 10.2. The van der Waals surface area contributed by atoms with E-state index in [1.807, 2.05) is 23.6 Å². The molecule has 0 aliphatic rings. The van der Waals surface area contributed by atoms with Gasteiger partial charge in [-0.05, 0) is 47.2 Å². The largest absolute Gasteiger partial charge is 0.457 e. The van der Waals surface area contributed by atoms with Crippen LogP contribution in [0.25, 0.3) is 10.1 Å². The maximum Gasteiger partial charge on any atom is 0.379 e. The quantitative estimate of drug-likeness (QED) is 0.437. The molecule has 1 N–H and O–H groups in total. The summed E-state index contributed by atoms with van der Waals surface area (Å²) >= 11 is 1.61. The second kappa shape index (κ2) is 6.73. The molecule has 2 aromatic heterocycles. The highest BCUT2D eigenvalue weighted by Crippen LogP contribution is 2.25. The van der Waals surface area contributed by atoms with Crippen molar-refractivity contribution in [3.63, 3.8) is 0 Å². The first-order chi connectivity index (χ1) is 10.3. The van der Waals surface area contributed by atoms with Gasteiger partial charge < -0.3 is 9.15 Å². The van der Waals surface area contributed by atoms with Gasteiger partial charge in [-0.3, -0.25) is 4.55 Å². The molecule has 22 heavy (non-hydrogen) atoms. The Morgan fingerprint density at radius 2 is 2.00 bits per heavy atom. The second-order valence-electron chi connectivity index (χ2n) is 4.22. The summed E-state index contributed by atoms with van der Waals surface area (Å²) in [6.07, 6.45) is 2.16. The molecule has 0 saturated heterocycles. The topological polar surface area (TPSA) is 93.8 Å². The summed E-state index contributed by atoms with van der Waals surface area (Å²) in [5, 5.41) is 3.15. The van der Waals surface area contributed by atoms with Gasteiger partial charge in [-0.1, -0.05) is 0 Å². The summed E-state index contributed by atoms with van der Waals surface area (Å²) in [6, 6.07) is 10.8. The average Bonchev–Trinajstić information content (AvgIpc) is 3.07. The molecule has 0 saturated carbocycles. The van der Waals surface area contributed by atoms with E-state index < -0.39 is 16.1 Å². The van der Waals surface area contributed by atoms with Crippen molar-refractivity contribution in [2.24, 2.45) is 0 Å². The molecular weight excluding hydrogens is 328 g/mol. The number of esters is 1. The van der Waals surface area contributed by atoms with E-state index >= 15 is 0 Å². The van der Waals surface area contributed by atoms with Crippen LogP contribution in [0.4, 0.5) is 0 Å². The molecule has 0 atom stereocenters. The van der Waals surface area contributed by atoms with Gasteiger partial charge >= 0.3 is 5.97 Å². The van der Waals surface area contributed by atoms with Crippen LogP contribution in [0.3, 0.4) is 0 Å². The average molecular weight is 340 g/mol. The minimum atomic E-state index is -3.67. The van der Waals surface area contributed by atoms with Gasteiger partial charge in [0.15, 0.2) is 0 Å². The monoisotopic (exact) mass is 340 g/mol. The van der Waals surface area contributed by atoms with Crippen molar-refractivity contribution >= 4 is 37.5 Å². The Kier molecular flexibility index (Phi) is 4.96. The SMILES string of the molecule is CS(=O)(=O)O.O=C(Oc1ccc2ccsc2c1)c1ccco1. The fraction of sp³-hybridized carbons (Fsp3) is 0.0714. The zero-order chi connectivity index (χ0) is 16.2. The molecule has 0 aliphatic carbocycles. The van der Waals surface area contributed by atoms with E-state index in [-0.39, 0.29) is 5.76 Å². The van der Waals surface area contributed by atoms with E-state index in [0.717, 1.165) is 10.1 Å². The number of rotatable bonds is 2. The van der Waals surface area contributed by atoms with Gasteiger partial charge in [0.25, 0.3) is 10.1 Å². The standard InChI is InChI=1S/C13H8O3S.CH4O3S/c14-13(11-2-1-6-15-11)16-10-4-3-9-5-7-17-12(9)8-10;1-5(2,3)4/h1-8H;1H3,(H,2,3,4). The van der Waals surface area contributed by atoms with Crippen LogP contribution >= 0.6 is 11.3 Å². The Morgan fingerprint density at radius 3 is 2.64 bits per heavy atom. The van der Waals surface area contributed by atoms with Gasteiger partial charge in [0.05, 0.1) is 12.5 Å². The van der Waals surface area contributed by atoms with Crippen LogP contribution in [0.2, 0.25) is 0 Å². The van der Waals surface area contributed by atoms with Gasteiger partial charge in [0, 0.05) is 4.70 Å². The van der Waals surface area contributed by atoms with Crippen LogP contribution in [-0.4, -0.2) is 25.2 Å². The fourth-order valence-corrected chi connectivity index (χ4v) is 2.37. The number of ether oxygens (including phenoxy) is 1. The van der Waals surface area contributed by atoms with Crippen molar-refractivity contribution in [2.45, 2.75) is 0 Å². The lowest BCUT2D eigenvalue weighted by molar-refractivity contribution is 0.0701. The minimum absolute atomic E-state index is 0.205. The third kappa shape index (κ3) is 4.99. The number of furan rings is 1. The van der Waals surface area contributed by atoms with Crippen molar-refractivity contribution in [3.8, 4) is 5.75 Å². The third-order valence-corrected chi connectivity index (χ3v) is 3.24. The molecule has 0 radical (unpaired) electrons. The van der Waals surface area contributed by atoms with Gasteiger partial charge in [0.2, 0.25) is 5.76 Å². The number of hydrogen-bond donors (Lipinski definition) is 1. The highest BCUT2D eigenvalue weighted by atomic mass is 32.2. The number of fused-ring (bicyclic) bond motifs is 1. The predicted octanol–water partition coefficient (Wildman–Crippen LogP) is 3.22. The van der Waals surface area contributed by atoms with Crippen molar-refractivity contribution in [1.82, 2.24) is 0 Å². The van der Waals surface area contributed by atoms with E-state index in [1.165, 1.54) is 6.26 Å². The maximum absolute atomic E-state index is 11.6. The van der Waals surface area contributed by atoms with Crippen LogP contribution < -0.4 is 4.74 Å². The molecule has 3 aromatic rings. The summed E-state index contributed by atoms with van der Waals surface area (Å²) in [5.74, 6) is 0.253. The van der Waals surface area contributed by atoms with Crippen molar-refractivity contribution < 1.29 is 26.9 Å². The number of carbonyl (C=O) groups excluding carboxylic acids is 1. The molecule has 0 unspecified atom stereocenters. The summed E-state index contributed by atoms with van der Waals surface area (Å²) in [7, 11) is -3.67. The summed E-state index contributed by atoms with van der Waals surface area (Å²) in [4.78, 5) is 11.6. The molecule has 0 amide bonds. The fourth-order valence-electron chi connectivity index (χ4n) is 1.55. The number of thiophene rings is 1. The molecule has 2 heterocycles. The first-order valence-corrected chi connectivity index (χ1v) is 8.71. The zero-order valence-electron chi connectivity index (χ0n) is 11.4. The van der Waals surface area contributed by atoms with Crippen LogP contribution in [0, 0.1) is 0 Å². The normalized spacial score (nSPS) is 10.8. The molecule has 1 aromatic carbocycles. The van der Waals surface area contributed by atoms with Crippen molar-refractivity contribution in [3.05, 3.63) is 53.8 Å². The number of hydrogen-bond acceptors (Lipinski definition) is 6. The van der Waals surface area contributed by atoms with Gasteiger partial charge in [-0.15, -0.1) is 11.3 Å². The first-order valence-electron chi connectivity index (χ1n) is 5.98. The van der Waals surface area contributed by atoms with E-state index in [1.54, 1.807) is 29.5 Å². The van der Waals surface area contributed by atoms with Gasteiger partial charge in [0.1, 0.15) is 5.75 Å². The maximum atomic E-state index is 11.6. The third-order valence-electron chi connectivity index (χ3n) is 2.36. The summed E-state index contributed by atoms with van der Waals surface area (Å²) in [5.41, 5.74) is 0. The molecule has 8 heteroatoms. The van der Waals surface area contributed by atoms with E-state index in [0.29, 0.717) is 12.0 Å². The Bertz CT molecular complexity index is 854. The molecule has 0 bridgehead atoms. The molecule has 6 nitrogen and oxygen atoms in total. The lowest BCUT2D eigenvalue weighted by Crippen LogP contribution is -2.06. The van der Waals surface area contributed by atoms with Crippen LogP contribution in [0.5, 0.6) is 5.75 Å². The minimum Gasteiger partial charge on any atom is -0.457 e. The highest BCUT2D eigenvalue weighted by Gasteiger charge is 2.11. The van der Waals surface area contributed by atoms with Gasteiger partial charge in [-0.2, -0.15) is 8.42 Å². The molecule has 116 valence electrons. The van der Waals surface area contributed by atoms with Crippen molar-refractivity contribution in [2.75, 3.05) is 6.26 Å². The van der Waals surface area contributed by atoms with Gasteiger partial charge in [-0.25, -0.2) is 4.79 Å². The van der Waals surface area contributed by atoms with E-state index in [2.05, 4.69) is 0 Å². The van der Waals surface area contributed by atoms with Crippen molar-refractivity contribution in [1.29, 1.82) is 0 Å². The van der Waals surface area contributed by atoms with E-state index in [4.69, 9.17) is 13.7 Å². The molecular formula is C14H12O6S2. The Balaban J connectivity index is 0.000000309. The first kappa shape index (κ1) is 16.2. The zero-order valence-corrected chi connectivity index (χ0v) is 13.1. The highest BCUT2D eigenvalue weighted by molar-refractivity contribution is 7.85. The molecule has 0 aliphatic heterocycles. The Labute approximate surface area is 130 Å².